The maximum absolute atomic E-state index is 12.0. The average molecular weight is 292 g/mol. The number of terminal acetylenes is 1. The topological polar surface area (TPSA) is 64.7 Å². The zero-order chi connectivity index (χ0) is 15.2. The fourth-order valence-electron chi connectivity index (χ4n) is 2.43. The second-order valence-corrected chi connectivity index (χ2v) is 5.75. The first-order chi connectivity index (χ1) is 10.1. The van der Waals surface area contributed by atoms with E-state index in [9.17, 15) is 9.59 Å². The highest BCUT2D eigenvalue weighted by atomic mass is 16.2. The molecule has 2 amide bonds. The Bertz CT molecular complexity index is 420. The Labute approximate surface area is 126 Å². The molecule has 2 aliphatic rings. The minimum absolute atomic E-state index is 0.0408. The van der Waals surface area contributed by atoms with Crippen molar-refractivity contribution in [2.75, 3.05) is 39.3 Å². The number of hydrogen-bond donors (Lipinski definition) is 2. The van der Waals surface area contributed by atoms with Gasteiger partial charge in [-0.05, 0) is 19.8 Å². The number of rotatable bonds is 6. The smallest absolute Gasteiger partial charge is 0.237 e. The van der Waals surface area contributed by atoms with Crippen LogP contribution in [0.2, 0.25) is 0 Å². The van der Waals surface area contributed by atoms with Crippen LogP contribution in [0, 0.1) is 12.3 Å². The van der Waals surface area contributed by atoms with Crippen molar-refractivity contribution in [2.45, 2.75) is 31.8 Å². The molecule has 6 nitrogen and oxygen atoms in total. The van der Waals surface area contributed by atoms with Gasteiger partial charge in [-0.2, -0.15) is 0 Å². The van der Waals surface area contributed by atoms with E-state index in [4.69, 9.17) is 6.42 Å². The highest BCUT2D eigenvalue weighted by Crippen LogP contribution is 2.19. The molecule has 116 valence electrons. The van der Waals surface area contributed by atoms with Crippen molar-refractivity contribution in [2.24, 2.45) is 0 Å². The summed E-state index contributed by atoms with van der Waals surface area (Å²) in [6.45, 7) is 5.81. The summed E-state index contributed by atoms with van der Waals surface area (Å²) < 4.78 is 0. The molecule has 1 atom stereocenters. The van der Waals surface area contributed by atoms with E-state index >= 15 is 0 Å². The second kappa shape index (κ2) is 7.43. The molecule has 6 heteroatoms. The van der Waals surface area contributed by atoms with Crippen LogP contribution in [-0.4, -0.2) is 73.0 Å². The molecule has 2 rings (SSSR count). The summed E-state index contributed by atoms with van der Waals surface area (Å²) in [5, 5.41) is 5.71. The van der Waals surface area contributed by atoms with Crippen molar-refractivity contribution >= 4 is 11.8 Å². The van der Waals surface area contributed by atoms with E-state index in [0.29, 0.717) is 12.6 Å². The van der Waals surface area contributed by atoms with Crippen LogP contribution in [0.3, 0.4) is 0 Å². The van der Waals surface area contributed by atoms with E-state index in [1.54, 1.807) is 0 Å². The molecule has 0 aromatic rings. The number of carbonyl (C=O) groups excluding carboxylic acids is 2. The van der Waals surface area contributed by atoms with Crippen LogP contribution >= 0.6 is 0 Å². The molecule has 21 heavy (non-hydrogen) atoms. The van der Waals surface area contributed by atoms with Crippen LogP contribution in [0.25, 0.3) is 0 Å². The minimum Gasteiger partial charge on any atom is -0.352 e. The lowest BCUT2D eigenvalue weighted by atomic mass is 10.2. The number of nitrogens with zero attached hydrogens (tertiary/aromatic N) is 2. The second-order valence-electron chi connectivity index (χ2n) is 5.75. The van der Waals surface area contributed by atoms with Crippen molar-refractivity contribution in [1.29, 1.82) is 0 Å². The van der Waals surface area contributed by atoms with Crippen LogP contribution in [0.5, 0.6) is 0 Å². The lowest BCUT2D eigenvalue weighted by molar-refractivity contribution is -0.128. The first kappa shape index (κ1) is 15.8. The Balaban J connectivity index is 1.68. The van der Waals surface area contributed by atoms with Gasteiger partial charge in [0.05, 0.1) is 19.1 Å². The Kier molecular flexibility index (Phi) is 5.59. The van der Waals surface area contributed by atoms with E-state index in [2.05, 4.69) is 26.4 Å². The maximum atomic E-state index is 12.0. The van der Waals surface area contributed by atoms with Gasteiger partial charge in [-0.3, -0.25) is 19.4 Å². The van der Waals surface area contributed by atoms with Crippen molar-refractivity contribution in [1.82, 2.24) is 20.4 Å². The molecule has 0 radical (unpaired) electrons. The zero-order valence-corrected chi connectivity index (χ0v) is 12.6. The molecule has 2 N–H and O–H groups in total. The lowest BCUT2D eigenvalue weighted by Crippen LogP contribution is -2.55. The van der Waals surface area contributed by atoms with Gasteiger partial charge in [0.1, 0.15) is 0 Å². The van der Waals surface area contributed by atoms with Gasteiger partial charge in [-0.25, -0.2) is 0 Å². The molecule has 0 spiro atoms. The number of hydrogen-bond acceptors (Lipinski definition) is 4. The van der Waals surface area contributed by atoms with Gasteiger partial charge in [0, 0.05) is 32.2 Å². The van der Waals surface area contributed by atoms with Gasteiger partial charge in [0.25, 0.3) is 0 Å². The minimum atomic E-state index is -0.0944. The quantitative estimate of drug-likeness (QED) is 0.618. The Morgan fingerprint density at radius 2 is 1.95 bits per heavy atom. The van der Waals surface area contributed by atoms with Gasteiger partial charge in [0.15, 0.2) is 0 Å². The van der Waals surface area contributed by atoms with Gasteiger partial charge in [0.2, 0.25) is 11.8 Å². The summed E-state index contributed by atoms with van der Waals surface area (Å²) in [5.74, 6) is 2.47. The van der Waals surface area contributed by atoms with Crippen molar-refractivity contribution in [3.05, 3.63) is 0 Å². The standard InChI is InChI=1S/C15H24N4O2/c1-3-6-16-14(20)11-18-7-9-19(10-8-18)12(2)15(21)17-13-4-5-13/h1,12-13H,4-11H2,2H3,(H,16,20)(H,17,21)/t12-/m0/s1. The maximum Gasteiger partial charge on any atom is 0.237 e. The first-order valence-corrected chi connectivity index (χ1v) is 7.57. The average Bonchev–Trinajstić information content (AvgIpc) is 3.29. The normalized spacial score (nSPS) is 21.3. The van der Waals surface area contributed by atoms with E-state index in [-0.39, 0.29) is 24.4 Å². The summed E-state index contributed by atoms with van der Waals surface area (Å²) in [6.07, 6.45) is 7.33. The van der Waals surface area contributed by atoms with E-state index < -0.39 is 0 Å². The third-order valence-corrected chi connectivity index (χ3v) is 4.01. The molecule has 0 unspecified atom stereocenters. The van der Waals surface area contributed by atoms with Crippen molar-refractivity contribution < 1.29 is 9.59 Å². The van der Waals surface area contributed by atoms with E-state index in [1.165, 1.54) is 0 Å². The number of carbonyl (C=O) groups is 2. The van der Waals surface area contributed by atoms with Gasteiger partial charge in [-0.15, -0.1) is 6.42 Å². The highest BCUT2D eigenvalue weighted by molar-refractivity contribution is 5.82. The molecule has 2 fully saturated rings. The Hall–Kier alpha value is -1.58. The van der Waals surface area contributed by atoms with Crippen LogP contribution in [0.1, 0.15) is 19.8 Å². The van der Waals surface area contributed by atoms with Crippen molar-refractivity contribution in [3.63, 3.8) is 0 Å². The summed E-state index contributed by atoms with van der Waals surface area (Å²) >= 11 is 0. The molecule has 1 saturated carbocycles. The summed E-state index contributed by atoms with van der Waals surface area (Å²) in [7, 11) is 0. The number of amides is 2. The number of piperazine rings is 1. The van der Waals surface area contributed by atoms with Crippen LogP contribution in [-0.2, 0) is 9.59 Å². The number of nitrogens with one attached hydrogen (secondary N) is 2. The molecule has 0 aromatic carbocycles. The summed E-state index contributed by atoms with van der Waals surface area (Å²) in [4.78, 5) is 27.9. The third kappa shape index (κ3) is 5.03. The van der Waals surface area contributed by atoms with Gasteiger partial charge in [-0.1, -0.05) is 5.92 Å². The third-order valence-electron chi connectivity index (χ3n) is 4.01. The lowest BCUT2D eigenvalue weighted by Gasteiger charge is -2.37. The molecule has 1 aliphatic heterocycles. The molecular weight excluding hydrogens is 268 g/mol. The van der Waals surface area contributed by atoms with Gasteiger partial charge < -0.3 is 10.6 Å². The van der Waals surface area contributed by atoms with E-state index in [1.807, 2.05) is 6.92 Å². The fraction of sp³-hybridized carbons (Fsp3) is 0.733. The molecule has 0 aromatic heterocycles. The van der Waals surface area contributed by atoms with Crippen molar-refractivity contribution in [3.8, 4) is 12.3 Å². The Morgan fingerprint density at radius 3 is 2.52 bits per heavy atom. The van der Waals surface area contributed by atoms with Gasteiger partial charge >= 0.3 is 0 Å². The van der Waals surface area contributed by atoms with Crippen LogP contribution in [0.4, 0.5) is 0 Å². The fourth-order valence-corrected chi connectivity index (χ4v) is 2.43. The van der Waals surface area contributed by atoms with E-state index in [0.717, 1.165) is 39.0 Å². The molecular formula is C15H24N4O2. The molecule has 0 bridgehead atoms. The SMILES string of the molecule is C#CCNC(=O)CN1CCN([C@@H](C)C(=O)NC2CC2)CC1. The van der Waals surface area contributed by atoms with Crippen LogP contribution in [0.15, 0.2) is 0 Å². The Morgan fingerprint density at radius 1 is 1.29 bits per heavy atom. The predicted octanol–water partition coefficient (Wildman–Crippen LogP) is -0.979. The molecule has 1 saturated heterocycles. The largest absolute Gasteiger partial charge is 0.352 e. The first-order valence-electron chi connectivity index (χ1n) is 7.57. The summed E-state index contributed by atoms with van der Waals surface area (Å²) in [5.41, 5.74) is 0. The highest BCUT2D eigenvalue weighted by Gasteiger charge is 2.30. The zero-order valence-electron chi connectivity index (χ0n) is 12.6. The summed E-state index contributed by atoms with van der Waals surface area (Å²) in [6, 6.07) is 0.309. The molecule has 1 aliphatic carbocycles. The van der Waals surface area contributed by atoms with Crippen LogP contribution < -0.4 is 10.6 Å². The monoisotopic (exact) mass is 292 g/mol. The predicted molar refractivity (Wildman–Crippen MR) is 80.5 cm³/mol. The molecule has 1 heterocycles.